The van der Waals surface area contributed by atoms with Crippen molar-refractivity contribution in [3.8, 4) is 17.1 Å². The van der Waals surface area contributed by atoms with Crippen molar-refractivity contribution < 1.29 is 14.3 Å². The normalized spacial score (nSPS) is 11.5. The highest BCUT2D eigenvalue weighted by molar-refractivity contribution is 7.99. The molecule has 1 aromatic heterocycles. The zero-order valence-electron chi connectivity index (χ0n) is 21.7. The highest BCUT2D eigenvalue weighted by Crippen LogP contribution is 2.30. The number of amides is 1. The summed E-state index contributed by atoms with van der Waals surface area (Å²) in [6.45, 7) is 6.54. The Morgan fingerprint density at radius 3 is 2.29 bits per heavy atom. The predicted molar refractivity (Wildman–Crippen MR) is 150 cm³/mol. The number of hydrazone groups is 1. The monoisotopic (exact) mass is 527 g/mol. The Morgan fingerprint density at radius 2 is 1.66 bits per heavy atom. The number of hydrogen-bond acceptors (Lipinski definition) is 7. The second kappa shape index (κ2) is 11.9. The second-order valence-electron chi connectivity index (χ2n) is 9.50. The van der Waals surface area contributed by atoms with Crippen molar-refractivity contribution in [3.63, 3.8) is 0 Å². The minimum absolute atomic E-state index is 0.0506. The van der Waals surface area contributed by atoms with Crippen molar-refractivity contribution in [2.75, 3.05) is 12.9 Å². The topological polar surface area (TPSA) is 98.5 Å². The van der Waals surface area contributed by atoms with E-state index < -0.39 is 5.97 Å². The third-order valence-corrected chi connectivity index (χ3v) is 6.65. The lowest BCUT2D eigenvalue weighted by Gasteiger charge is -2.19. The Labute approximate surface area is 226 Å². The Morgan fingerprint density at radius 1 is 0.974 bits per heavy atom. The lowest BCUT2D eigenvalue weighted by molar-refractivity contribution is -0.118. The predicted octanol–water partition coefficient (Wildman–Crippen LogP) is 5.26. The van der Waals surface area contributed by atoms with Gasteiger partial charge in [-0.3, -0.25) is 9.36 Å². The standard InChI is InChI=1S/C29H29N5O3S/c1-29(2,3)23-16-14-21(15-17-23)26-32-33-28(34(26)24-8-6-5-7-9-24)38-19-25(35)31-30-18-20-10-12-22(13-11-20)27(36)37-4/h5-18H,19H2,1-4H3,(H,31,35)/b30-18+. The van der Waals surface area contributed by atoms with Crippen LogP contribution in [0.1, 0.15) is 42.3 Å². The van der Waals surface area contributed by atoms with E-state index in [1.165, 1.54) is 30.6 Å². The van der Waals surface area contributed by atoms with Gasteiger partial charge in [-0.05, 0) is 40.8 Å². The van der Waals surface area contributed by atoms with Crippen LogP contribution in [-0.2, 0) is 14.9 Å². The lowest BCUT2D eigenvalue weighted by atomic mass is 9.87. The van der Waals surface area contributed by atoms with Crippen LogP contribution in [0.15, 0.2) is 89.1 Å². The Bertz CT molecular complexity index is 1420. The third-order valence-electron chi connectivity index (χ3n) is 5.72. The molecule has 0 aliphatic rings. The van der Waals surface area contributed by atoms with E-state index in [2.05, 4.69) is 70.5 Å². The molecule has 194 valence electrons. The van der Waals surface area contributed by atoms with Gasteiger partial charge in [-0.15, -0.1) is 10.2 Å². The van der Waals surface area contributed by atoms with Gasteiger partial charge in [0.1, 0.15) is 0 Å². The number of hydrogen-bond donors (Lipinski definition) is 1. The maximum atomic E-state index is 12.5. The minimum Gasteiger partial charge on any atom is -0.465 e. The number of methoxy groups -OCH3 is 1. The van der Waals surface area contributed by atoms with Gasteiger partial charge in [-0.2, -0.15) is 5.10 Å². The zero-order valence-corrected chi connectivity index (χ0v) is 22.5. The summed E-state index contributed by atoms with van der Waals surface area (Å²) in [7, 11) is 1.33. The first kappa shape index (κ1) is 26.8. The van der Waals surface area contributed by atoms with Crippen molar-refractivity contribution >= 4 is 29.9 Å². The molecular formula is C29H29N5O3S. The molecule has 0 saturated carbocycles. The van der Waals surface area contributed by atoms with Gasteiger partial charge >= 0.3 is 5.97 Å². The summed E-state index contributed by atoms with van der Waals surface area (Å²) in [5.41, 5.74) is 6.83. The first-order chi connectivity index (χ1) is 18.3. The summed E-state index contributed by atoms with van der Waals surface area (Å²) in [5.74, 6) is 0.114. The zero-order chi connectivity index (χ0) is 27.1. The van der Waals surface area contributed by atoms with Crippen molar-refractivity contribution in [3.05, 3.63) is 95.6 Å². The number of carbonyl (C=O) groups excluding carboxylic acids is 2. The minimum atomic E-state index is -0.410. The van der Waals surface area contributed by atoms with E-state index >= 15 is 0 Å². The van der Waals surface area contributed by atoms with Gasteiger partial charge in [-0.25, -0.2) is 10.2 Å². The first-order valence-electron chi connectivity index (χ1n) is 12.0. The number of ether oxygens (including phenoxy) is 1. The number of esters is 1. The van der Waals surface area contributed by atoms with E-state index in [4.69, 9.17) is 0 Å². The summed E-state index contributed by atoms with van der Waals surface area (Å²) in [4.78, 5) is 24.0. The fourth-order valence-electron chi connectivity index (χ4n) is 3.64. The van der Waals surface area contributed by atoms with Crippen LogP contribution in [-0.4, -0.2) is 45.7 Å². The molecule has 38 heavy (non-hydrogen) atoms. The molecule has 0 aliphatic carbocycles. The van der Waals surface area contributed by atoms with Gasteiger partial charge in [0.15, 0.2) is 11.0 Å². The molecule has 0 atom stereocenters. The fourth-order valence-corrected chi connectivity index (χ4v) is 4.39. The molecule has 0 spiro atoms. The Kier molecular flexibility index (Phi) is 8.38. The maximum absolute atomic E-state index is 12.5. The average Bonchev–Trinajstić information content (AvgIpc) is 3.36. The number of benzene rings is 3. The van der Waals surface area contributed by atoms with E-state index in [-0.39, 0.29) is 17.1 Å². The van der Waals surface area contributed by atoms with Crippen molar-refractivity contribution in [1.29, 1.82) is 0 Å². The van der Waals surface area contributed by atoms with Crippen LogP contribution >= 0.6 is 11.8 Å². The number of rotatable bonds is 8. The Hall–Kier alpha value is -4.24. The molecule has 0 bridgehead atoms. The van der Waals surface area contributed by atoms with E-state index in [1.54, 1.807) is 24.3 Å². The SMILES string of the molecule is COC(=O)c1ccc(/C=N/NC(=O)CSc2nnc(-c3ccc(C(C)(C)C)cc3)n2-c2ccccc2)cc1. The molecule has 8 nitrogen and oxygen atoms in total. The number of aromatic nitrogens is 3. The molecule has 4 aromatic rings. The Balaban J connectivity index is 1.46. The highest BCUT2D eigenvalue weighted by Gasteiger charge is 2.19. The largest absolute Gasteiger partial charge is 0.465 e. The number of thioether (sulfide) groups is 1. The molecule has 9 heteroatoms. The van der Waals surface area contributed by atoms with Crippen molar-refractivity contribution in [1.82, 2.24) is 20.2 Å². The summed E-state index contributed by atoms with van der Waals surface area (Å²) >= 11 is 1.28. The van der Waals surface area contributed by atoms with E-state index in [9.17, 15) is 9.59 Å². The van der Waals surface area contributed by atoms with Crippen LogP contribution in [0.5, 0.6) is 0 Å². The van der Waals surface area contributed by atoms with Gasteiger partial charge in [0.25, 0.3) is 5.91 Å². The van der Waals surface area contributed by atoms with E-state index in [1.807, 2.05) is 34.9 Å². The van der Waals surface area contributed by atoms with Gasteiger partial charge in [0, 0.05) is 11.3 Å². The van der Waals surface area contributed by atoms with Crippen LogP contribution in [0.2, 0.25) is 0 Å². The molecule has 4 rings (SSSR count). The summed E-state index contributed by atoms with van der Waals surface area (Å²) < 4.78 is 6.64. The molecule has 0 aliphatic heterocycles. The van der Waals surface area contributed by atoms with Gasteiger partial charge in [0.2, 0.25) is 0 Å². The highest BCUT2D eigenvalue weighted by atomic mass is 32.2. The van der Waals surface area contributed by atoms with Gasteiger partial charge in [0.05, 0.1) is 24.6 Å². The number of para-hydroxylation sites is 1. The summed E-state index contributed by atoms with van der Waals surface area (Å²) in [5, 5.41) is 13.5. The third kappa shape index (κ3) is 6.54. The van der Waals surface area contributed by atoms with E-state index in [0.717, 1.165) is 16.8 Å². The fraction of sp³-hybridized carbons (Fsp3) is 0.207. The van der Waals surface area contributed by atoms with E-state index in [0.29, 0.717) is 16.5 Å². The summed E-state index contributed by atoms with van der Waals surface area (Å²) in [6, 6.07) is 24.9. The number of nitrogens with one attached hydrogen (secondary N) is 1. The molecule has 0 saturated heterocycles. The van der Waals surface area contributed by atoms with Crippen LogP contribution in [0.4, 0.5) is 0 Å². The average molecular weight is 528 g/mol. The molecular weight excluding hydrogens is 498 g/mol. The van der Waals surface area contributed by atoms with Crippen molar-refractivity contribution in [2.45, 2.75) is 31.3 Å². The lowest BCUT2D eigenvalue weighted by Crippen LogP contribution is -2.20. The number of nitrogens with zero attached hydrogens (tertiary/aromatic N) is 4. The number of carbonyl (C=O) groups is 2. The van der Waals surface area contributed by atoms with Gasteiger partial charge < -0.3 is 4.74 Å². The first-order valence-corrected chi connectivity index (χ1v) is 13.0. The van der Waals surface area contributed by atoms with Gasteiger partial charge in [-0.1, -0.05) is 87.1 Å². The smallest absolute Gasteiger partial charge is 0.337 e. The molecule has 0 radical (unpaired) electrons. The van der Waals surface area contributed by atoms with Crippen LogP contribution in [0, 0.1) is 0 Å². The molecule has 0 unspecified atom stereocenters. The molecule has 0 fully saturated rings. The van der Waals surface area contributed by atoms with Crippen LogP contribution in [0.3, 0.4) is 0 Å². The maximum Gasteiger partial charge on any atom is 0.337 e. The summed E-state index contributed by atoms with van der Waals surface area (Å²) in [6.07, 6.45) is 1.51. The van der Waals surface area contributed by atoms with Crippen molar-refractivity contribution in [2.24, 2.45) is 5.10 Å². The van der Waals surface area contributed by atoms with Crippen LogP contribution in [0.25, 0.3) is 17.1 Å². The second-order valence-corrected chi connectivity index (χ2v) is 10.4. The molecule has 3 aromatic carbocycles. The van der Waals surface area contributed by atoms with Crippen LogP contribution < -0.4 is 5.43 Å². The quantitative estimate of drug-likeness (QED) is 0.145. The molecule has 1 heterocycles. The molecule has 1 amide bonds. The molecule has 1 N–H and O–H groups in total.